The van der Waals surface area contributed by atoms with Crippen LogP contribution in [0.25, 0.3) is 0 Å². The third kappa shape index (κ3) is 4.17. The zero-order valence-corrected chi connectivity index (χ0v) is 14.6. The number of carbonyl (C=O) groups is 1. The summed E-state index contributed by atoms with van der Waals surface area (Å²) in [6.45, 7) is 3.12. The molecule has 0 spiro atoms. The molecule has 1 N–H and O–H groups in total. The zero-order valence-electron chi connectivity index (χ0n) is 14.6. The van der Waals surface area contributed by atoms with Crippen molar-refractivity contribution in [2.45, 2.75) is 26.0 Å². The number of urea groups is 1. The predicted molar refractivity (Wildman–Crippen MR) is 90.4 cm³/mol. The van der Waals surface area contributed by atoms with Crippen molar-refractivity contribution in [1.82, 2.24) is 25.3 Å². The van der Waals surface area contributed by atoms with Gasteiger partial charge in [-0.3, -0.25) is 0 Å². The first-order chi connectivity index (χ1) is 12.0. The van der Waals surface area contributed by atoms with Crippen molar-refractivity contribution < 1.29 is 14.1 Å². The highest BCUT2D eigenvalue weighted by Gasteiger charge is 2.28. The predicted octanol–water partition coefficient (Wildman–Crippen LogP) is 1.20. The van der Waals surface area contributed by atoms with Crippen LogP contribution in [0.5, 0.6) is 5.75 Å². The van der Waals surface area contributed by atoms with Crippen molar-refractivity contribution in [2.24, 2.45) is 0 Å². The number of aryl methyl sites for hydroxylation is 1. The fourth-order valence-electron chi connectivity index (χ4n) is 2.68. The SMILES string of the molecule is Cc1nc(CNC(=O)N2CC[C@H](Oc3cccnc3N(C)C)C2)no1. The molecule has 9 nitrogen and oxygen atoms in total. The van der Waals surface area contributed by atoms with Gasteiger partial charge >= 0.3 is 6.03 Å². The van der Waals surface area contributed by atoms with Gasteiger partial charge in [-0.2, -0.15) is 4.98 Å². The standard InChI is InChI=1S/C16H22N6O3/c1-11-19-14(20-25-11)9-18-16(23)22-8-6-12(10-22)24-13-5-4-7-17-15(13)21(2)3/h4-5,7,12H,6,8-10H2,1-3H3,(H,18,23)/t12-/m0/s1. The maximum absolute atomic E-state index is 12.3. The van der Waals surface area contributed by atoms with E-state index in [1.807, 2.05) is 31.1 Å². The van der Waals surface area contributed by atoms with Crippen LogP contribution < -0.4 is 15.0 Å². The monoisotopic (exact) mass is 346 g/mol. The summed E-state index contributed by atoms with van der Waals surface area (Å²) < 4.78 is 10.9. The zero-order chi connectivity index (χ0) is 17.8. The average Bonchev–Trinajstić information content (AvgIpc) is 3.22. The Labute approximate surface area is 146 Å². The van der Waals surface area contributed by atoms with Gasteiger partial charge in [0.2, 0.25) is 5.89 Å². The maximum Gasteiger partial charge on any atom is 0.317 e. The number of carbonyl (C=O) groups excluding carboxylic acids is 1. The normalized spacial score (nSPS) is 16.8. The van der Waals surface area contributed by atoms with E-state index in [9.17, 15) is 4.79 Å². The Bertz CT molecular complexity index is 732. The summed E-state index contributed by atoms with van der Waals surface area (Å²) in [5.41, 5.74) is 0. The first-order valence-electron chi connectivity index (χ1n) is 8.14. The first kappa shape index (κ1) is 17.0. The number of rotatable bonds is 5. The van der Waals surface area contributed by atoms with E-state index < -0.39 is 0 Å². The van der Waals surface area contributed by atoms with E-state index in [0.717, 1.165) is 18.0 Å². The quantitative estimate of drug-likeness (QED) is 0.869. The Morgan fingerprint density at radius 3 is 3.08 bits per heavy atom. The van der Waals surface area contributed by atoms with Crippen LogP contribution in [0.2, 0.25) is 0 Å². The third-order valence-corrected chi connectivity index (χ3v) is 3.87. The molecule has 0 bridgehead atoms. The van der Waals surface area contributed by atoms with E-state index in [1.165, 1.54) is 0 Å². The number of anilines is 1. The van der Waals surface area contributed by atoms with Gasteiger partial charge in [0.15, 0.2) is 17.4 Å². The van der Waals surface area contributed by atoms with Gasteiger partial charge in [-0.15, -0.1) is 0 Å². The lowest BCUT2D eigenvalue weighted by molar-refractivity contribution is 0.186. The Hall–Kier alpha value is -2.84. The van der Waals surface area contributed by atoms with E-state index in [0.29, 0.717) is 24.8 Å². The molecule has 3 rings (SSSR count). The third-order valence-electron chi connectivity index (χ3n) is 3.87. The lowest BCUT2D eigenvalue weighted by Gasteiger charge is -2.20. The second-order valence-corrected chi connectivity index (χ2v) is 6.08. The number of amides is 2. The molecule has 1 atom stereocenters. The minimum atomic E-state index is -0.160. The Morgan fingerprint density at radius 2 is 2.36 bits per heavy atom. The summed E-state index contributed by atoms with van der Waals surface area (Å²) in [5, 5.41) is 6.55. The van der Waals surface area contributed by atoms with Crippen molar-refractivity contribution >= 4 is 11.8 Å². The number of hydrogen-bond donors (Lipinski definition) is 1. The van der Waals surface area contributed by atoms with Crippen LogP contribution in [0.3, 0.4) is 0 Å². The van der Waals surface area contributed by atoms with Gasteiger partial charge in [-0.1, -0.05) is 5.16 Å². The molecule has 1 fully saturated rings. The van der Waals surface area contributed by atoms with Crippen molar-refractivity contribution in [3.8, 4) is 5.75 Å². The van der Waals surface area contributed by atoms with Crippen LogP contribution in [0.1, 0.15) is 18.1 Å². The molecule has 134 valence electrons. The summed E-state index contributed by atoms with van der Waals surface area (Å²) in [5.74, 6) is 2.44. The molecule has 2 amide bonds. The fourth-order valence-corrected chi connectivity index (χ4v) is 2.68. The van der Waals surface area contributed by atoms with Gasteiger partial charge in [0.1, 0.15) is 6.10 Å². The highest BCUT2D eigenvalue weighted by molar-refractivity contribution is 5.74. The van der Waals surface area contributed by atoms with Crippen LogP contribution in [-0.2, 0) is 6.54 Å². The molecule has 0 saturated carbocycles. The van der Waals surface area contributed by atoms with Crippen molar-refractivity contribution in [1.29, 1.82) is 0 Å². The summed E-state index contributed by atoms with van der Waals surface area (Å²) in [6, 6.07) is 3.57. The Morgan fingerprint density at radius 1 is 1.52 bits per heavy atom. The molecule has 1 aliphatic rings. The van der Waals surface area contributed by atoms with Crippen molar-refractivity contribution in [3.63, 3.8) is 0 Å². The number of hydrogen-bond acceptors (Lipinski definition) is 7. The van der Waals surface area contributed by atoms with Gasteiger partial charge in [0.05, 0.1) is 13.1 Å². The number of likely N-dealkylation sites (tertiary alicyclic amines) is 1. The van der Waals surface area contributed by atoms with E-state index >= 15 is 0 Å². The molecule has 25 heavy (non-hydrogen) atoms. The summed E-state index contributed by atoms with van der Waals surface area (Å²) in [4.78, 5) is 24.3. The van der Waals surface area contributed by atoms with Gasteiger partial charge in [-0.05, 0) is 12.1 Å². The minimum absolute atomic E-state index is 0.0546. The first-order valence-corrected chi connectivity index (χ1v) is 8.14. The number of ether oxygens (including phenoxy) is 1. The summed E-state index contributed by atoms with van der Waals surface area (Å²) >= 11 is 0. The Kier molecular flexibility index (Phi) is 5.01. The molecule has 1 aliphatic heterocycles. The van der Waals surface area contributed by atoms with E-state index in [-0.39, 0.29) is 18.7 Å². The molecule has 1 saturated heterocycles. The summed E-state index contributed by atoms with van der Waals surface area (Å²) in [6.07, 6.45) is 2.45. The van der Waals surface area contributed by atoms with E-state index in [4.69, 9.17) is 9.26 Å². The van der Waals surface area contributed by atoms with Crippen LogP contribution in [0.4, 0.5) is 10.6 Å². The smallest absolute Gasteiger partial charge is 0.317 e. The number of nitrogens with one attached hydrogen (secondary N) is 1. The van der Waals surface area contributed by atoms with Gasteiger partial charge in [-0.25, -0.2) is 9.78 Å². The molecule has 0 aromatic carbocycles. The molecule has 0 radical (unpaired) electrons. The molecule has 2 aromatic heterocycles. The molecular formula is C16H22N6O3. The lowest BCUT2D eigenvalue weighted by Crippen LogP contribution is -2.39. The van der Waals surface area contributed by atoms with Crippen molar-refractivity contribution in [3.05, 3.63) is 30.0 Å². The highest BCUT2D eigenvalue weighted by atomic mass is 16.5. The van der Waals surface area contributed by atoms with Gasteiger partial charge in [0.25, 0.3) is 0 Å². The van der Waals surface area contributed by atoms with Crippen LogP contribution >= 0.6 is 0 Å². The maximum atomic E-state index is 12.3. The topological polar surface area (TPSA) is 96.6 Å². The average molecular weight is 346 g/mol. The van der Waals surface area contributed by atoms with Crippen molar-refractivity contribution in [2.75, 3.05) is 32.1 Å². The van der Waals surface area contributed by atoms with Gasteiger partial charge < -0.3 is 24.4 Å². The second-order valence-electron chi connectivity index (χ2n) is 6.08. The second kappa shape index (κ2) is 7.37. The van der Waals surface area contributed by atoms with E-state index in [1.54, 1.807) is 18.0 Å². The van der Waals surface area contributed by atoms with Crippen LogP contribution in [0.15, 0.2) is 22.9 Å². The molecule has 3 heterocycles. The number of nitrogens with zero attached hydrogens (tertiary/aromatic N) is 5. The molecular weight excluding hydrogens is 324 g/mol. The number of aromatic nitrogens is 3. The summed E-state index contributed by atoms with van der Waals surface area (Å²) in [7, 11) is 3.84. The highest BCUT2D eigenvalue weighted by Crippen LogP contribution is 2.26. The van der Waals surface area contributed by atoms with Crippen LogP contribution in [0, 0.1) is 6.92 Å². The molecule has 9 heteroatoms. The van der Waals surface area contributed by atoms with Crippen LogP contribution in [-0.4, -0.2) is 59.3 Å². The number of pyridine rings is 1. The largest absolute Gasteiger partial charge is 0.485 e. The Balaban J connectivity index is 1.52. The lowest BCUT2D eigenvalue weighted by atomic mass is 10.3. The fraction of sp³-hybridized carbons (Fsp3) is 0.500. The molecule has 2 aromatic rings. The van der Waals surface area contributed by atoms with Gasteiger partial charge in [0, 0.05) is 40.2 Å². The van der Waals surface area contributed by atoms with E-state index in [2.05, 4.69) is 20.4 Å². The molecule has 0 unspecified atom stereocenters. The minimum Gasteiger partial charge on any atom is -0.485 e. The molecule has 0 aliphatic carbocycles.